The van der Waals surface area contributed by atoms with Gasteiger partial charge in [0.25, 0.3) is 0 Å². The summed E-state index contributed by atoms with van der Waals surface area (Å²) in [6.45, 7) is 2.51. The minimum atomic E-state index is -0.0970. The lowest BCUT2D eigenvalue weighted by molar-refractivity contribution is 0.0967. The van der Waals surface area contributed by atoms with Crippen LogP contribution in [0.3, 0.4) is 0 Å². The van der Waals surface area contributed by atoms with Crippen LogP contribution < -0.4 is 10.1 Å². The highest BCUT2D eigenvalue weighted by atomic mass is 35.5. The molecule has 0 unspecified atom stereocenters. The summed E-state index contributed by atoms with van der Waals surface area (Å²) in [4.78, 5) is 12.8. The van der Waals surface area contributed by atoms with Gasteiger partial charge in [-0.2, -0.15) is 5.10 Å². The number of nitrogens with zero attached hydrogens (tertiary/aromatic N) is 3. The van der Waals surface area contributed by atoms with Crippen molar-refractivity contribution in [2.45, 2.75) is 20.0 Å². The van der Waals surface area contributed by atoms with E-state index in [9.17, 15) is 4.79 Å². The molecule has 0 bridgehead atoms. The van der Waals surface area contributed by atoms with Crippen molar-refractivity contribution >= 4 is 35.3 Å². The second-order valence-corrected chi connectivity index (χ2v) is 8.34. The zero-order valence-corrected chi connectivity index (χ0v) is 19.9. The van der Waals surface area contributed by atoms with Crippen LogP contribution in [0, 0.1) is 11.7 Å². The van der Waals surface area contributed by atoms with Crippen LogP contribution in [-0.2, 0) is 13.1 Å². The fourth-order valence-electron chi connectivity index (χ4n) is 3.38. The molecule has 33 heavy (non-hydrogen) atoms. The Morgan fingerprint density at radius 2 is 1.70 bits per heavy atom. The van der Waals surface area contributed by atoms with Gasteiger partial charge in [-0.05, 0) is 79.8 Å². The fourth-order valence-corrected chi connectivity index (χ4v) is 3.82. The largest absolute Gasteiger partial charge is 0.497 e. The van der Waals surface area contributed by atoms with Crippen LogP contribution in [0.5, 0.6) is 5.75 Å². The first kappa shape index (κ1) is 22.8. The van der Waals surface area contributed by atoms with E-state index in [4.69, 9.17) is 28.6 Å². The monoisotopic (exact) mass is 478 g/mol. The molecule has 0 saturated carbocycles. The highest BCUT2D eigenvalue weighted by Crippen LogP contribution is 2.19. The minimum absolute atomic E-state index is 0.0289. The summed E-state index contributed by atoms with van der Waals surface area (Å²) in [5.41, 5.74) is 3.55. The Bertz CT molecular complexity index is 1310. The van der Waals surface area contributed by atoms with Crippen LogP contribution in [0.15, 0.2) is 72.8 Å². The first-order chi connectivity index (χ1) is 15.9. The zero-order chi connectivity index (χ0) is 23.4. The maximum atomic E-state index is 12.8. The van der Waals surface area contributed by atoms with Crippen molar-refractivity contribution in [1.82, 2.24) is 14.3 Å². The Morgan fingerprint density at radius 3 is 2.33 bits per heavy atom. The summed E-state index contributed by atoms with van der Waals surface area (Å²) >= 11 is 11.7. The van der Waals surface area contributed by atoms with Gasteiger partial charge in [0.2, 0.25) is 4.77 Å². The van der Waals surface area contributed by atoms with E-state index in [1.54, 1.807) is 36.1 Å². The quantitative estimate of drug-likeness (QED) is 0.253. The average Bonchev–Trinajstić information content (AvgIpc) is 3.14. The summed E-state index contributed by atoms with van der Waals surface area (Å²) < 4.78 is 9.13. The van der Waals surface area contributed by atoms with E-state index >= 15 is 0 Å². The molecule has 1 heterocycles. The molecule has 0 amide bonds. The number of benzene rings is 3. The summed E-state index contributed by atoms with van der Waals surface area (Å²) in [6.07, 6.45) is 0. The molecule has 0 radical (unpaired) electrons. The number of anilines is 1. The van der Waals surface area contributed by atoms with Crippen LogP contribution in [0.1, 0.15) is 21.7 Å². The molecule has 1 aromatic heterocycles. The van der Waals surface area contributed by atoms with Gasteiger partial charge < -0.3 is 10.1 Å². The van der Waals surface area contributed by atoms with Gasteiger partial charge in [0.05, 0.1) is 13.7 Å². The molecule has 0 fully saturated rings. The van der Waals surface area contributed by atoms with E-state index in [1.807, 2.05) is 60.0 Å². The van der Waals surface area contributed by atoms with Crippen molar-refractivity contribution in [2.75, 3.05) is 12.4 Å². The molecule has 0 atom stereocenters. The molecular formula is C25H23ClN4O2S. The van der Waals surface area contributed by atoms with Crippen LogP contribution in [-0.4, -0.2) is 27.2 Å². The lowest BCUT2D eigenvalue weighted by Gasteiger charge is -2.10. The maximum absolute atomic E-state index is 12.8. The van der Waals surface area contributed by atoms with Crippen LogP contribution in [0.4, 0.5) is 5.69 Å². The summed E-state index contributed by atoms with van der Waals surface area (Å²) in [5, 5.41) is 8.64. The van der Waals surface area contributed by atoms with Crippen molar-refractivity contribution < 1.29 is 9.53 Å². The predicted octanol–water partition coefficient (Wildman–Crippen LogP) is 5.87. The lowest BCUT2D eigenvalue weighted by Crippen LogP contribution is -2.12. The number of hydrogen-bond donors (Lipinski definition) is 1. The van der Waals surface area contributed by atoms with Gasteiger partial charge in [-0.3, -0.25) is 9.36 Å². The third-order valence-corrected chi connectivity index (χ3v) is 5.84. The molecule has 0 spiro atoms. The number of aryl methyl sites for hydroxylation is 1. The topological polar surface area (TPSA) is 61.1 Å². The van der Waals surface area contributed by atoms with E-state index in [0.717, 1.165) is 17.1 Å². The number of rotatable bonds is 8. The average molecular weight is 479 g/mol. The van der Waals surface area contributed by atoms with E-state index in [2.05, 4.69) is 10.4 Å². The number of ketones is 1. The van der Waals surface area contributed by atoms with E-state index in [1.165, 1.54) is 5.56 Å². The molecule has 168 valence electrons. The van der Waals surface area contributed by atoms with Gasteiger partial charge in [0.1, 0.15) is 12.3 Å². The normalized spacial score (nSPS) is 10.8. The molecule has 4 rings (SSSR count). The molecule has 8 heteroatoms. The highest BCUT2D eigenvalue weighted by Gasteiger charge is 2.16. The number of Topliss-reactive ketones (excluding diaryl/α,β-unsaturated/α-hetero) is 1. The van der Waals surface area contributed by atoms with E-state index in [-0.39, 0.29) is 12.3 Å². The van der Waals surface area contributed by atoms with Gasteiger partial charge in [-0.25, -0.2) is 4.68 Å². The number of ether oxygens (including phenoxy) is 1. The molecule has 0 saturated heterocycles. The Balaban J connectivity index is 1.66. The number of carbonyl (C=O) groups is 1. The molecule has 0 aliphatic carbocycles. The number of aromatic nitrogens is 3. The van der Waals surface area contributed by atoms with Gasteiger partial charge in [0, 0.05) is 22.0 Å². The SMILES string of the molecule is COc1ccc(-n2c(CNc3ccc(C)cc3)nn(CC(=O)c3ccc(Cl)cc3)c2=S)cc1. The number of methoxy groups -OCH3 is 1. The van der Waals surface area contributed by atoms with Gasteiger partial charge >= 0.3 is 0 Å². The Hall–Kier alpha value is -3.42. The van der Waals surface area contributed by atoms with Gasteiger partial charge in [0.15, 0.2) is 11.6 Å². The van der Waals surface area contributed by atoms with Crippen molar-refractivity contribution in [3.05, 3.63) is 99.5 Å². The molecule has 1 N–H and O–H groups in total. The van der Waals surface area contributed by atoms with Crippen LogP contribution >= 0.6 is 23.8 Å². The summed E-state index contributed by atoms with van der Waals surface area (Å²) in [5.74, 6) is 1.34. The van der Waals surface area contributed by atoms with Crippen molar-refractivity contribution in [1.29, 1.82) is 0 Å². The number of halogens is 1. The minimum Gasteiger partial charge on any atom is -0.497 e. The second-order valence-electron chi connectivity index (χ2n) is 7.54. The van der Waals surface area contributed by atoms with Crippen LogP contribution in [0.25, 0.3) is 5.69 Å². The van der Waals surface area contributed by atoms with Gasteiger partial charge in [-0.15, -0.1) is 0 Å². The summed E-state index contributed by atoms with van der Waals surface area (Å²) in [6, 6.07) is 22.5. The third-order valence-electron chi connectivity index (χ3n) is 5.20. The molecule has 0 aliphatic heterocycles. The molecule has 4 aromatic rings. The highest BCUT2D eigenvalue weighted by molar-refractivity contribution is 7.71. The Morgan fingerprint density at radius 1 is 1.03 bits per heavy atom. The smallest absolute Gasteiger partial charge is 0.203 e. The fraction of sp³-hybridized carbons (Fsp3) is 0.160. The van der Waals surface area contributed by atoms with Gasteiger partial charge in [-0.1, -0.05) is 29.3 Å². The number of hydrogen-bond acceptors (Lipinski definition) is 5. The Labute approximate surface area is 202 Å². The van der Waals surface area contributed by atoms with Crippen molar-refractivity contribution in [3.8, 4) is 11.4 Å². The van der Waals surface area contributed by atoms with E-state index in [0.29, 0.717) is 27.7 Å². The second kappa shape index (κ2) is 10.0. The first-order valence-electron chi connectivity index (χ1n) is 10.4. The maximum Gasteiger partial charge on any atom is 0.203 e. The number of carbonyl (C=O) groups excluding carboxylic acids is 1. The Kier molecular flexibility index (Phi) is 6.91. The standard InChI is InChI=1S/C25H23ClN4O2S/c1-17-3-9-20(10-4-17)27-15-24-28-29(16-23(31)18-5-7-19(26)8-6-18)25(33)30(24)21-11-13-22(32-2)14-12-21/h3-14,27H,15-16H2,1-2H3. The molecule has 6 nitrogen and oxygen atoms in total. The third kappa shape index (κ3) is 5.32. The zero-order valence-electron chi connectivity index (χ0n) is 18.3. The summed E-state index contributed by atoms with van der Waals surface area (Å²) in [7, 11) is 1.62. The first-order valence-corrected chi connectivity index (χ1v) is 11.2. The lowest BCUT2D eigenvalue weighted by atomic mass is 10.1. The van der Waals surface area contributed by atoms with Crippen molar-refractivity contribution in [3.63, 3.8) is 0 Å². The van der Waals surface area contributed by atoms with Crippen molar-refractivity contribution in [2.24, 2.45) is 0 Å². The molecule has 0 aliphatic rings. The predicted molar refractivity (Wildman–Crippen MR) is 133 cm³/mol. The number of nitrogens with one attached hydrogen (secondary N) is 1. The molecule has 3 aromatic carbocycles. The van der Waals surface area contributed by atoms with Crippen LogP contribution in [0.2, 0.25) is 5.02 Å². The van der Waals surface area contributed by atoms with E-state index < -0.39 is 0 Å². The molecular weight excluding hydrogens is 456 g/mol.